The third kappa shape index (κ3) is 2.50. The summed E-state index contributed by atoms with van der Waals surface area (Å²) in [7, 11) is 0. The van der Waals surface area contributed by atoms with Crippen molar-refractivity contribution in [1.82, 2.24) is 9.97 Å². The van der Waals surface area contributed by atoms with Crippen molar-refractivity contribution in [2.45, 2.75) is 20.3 Å². The van der Waals surface area contributed by atoms with Crippen LogP contribution in [0.5, 0.6) is 0 Å². The van der Waals surface area contributed by atoms with E-state index in [9.17, 15) is 4.79 Å². The molecule has 2 N–H and O–H groups in total. The number of primary amides is 1. The first-order valence-electron chi connectivity index (χ1n) is 4.06. The molecule has 1 aromatic heterocycles. The van der Waals surface area contributed by atoms with E-state index in [-0.39, 0.29) is 5.91 Å². The first-order valence-corrected chi connectivity index (χ1v) is 4.06. The van der Waals surface area contributed by atoms with Crippen LogP contribution in [0.2, 0.25) is 0 Å². The van der Waals surface area contributed by atoms with Crippen LogP contribution in [0.4, 0.5) is 0 Å². The number of hydrogen-bond donors (Lipinski definition) is 1. The molecule has 0 aliphatic heterocycles. The molecule has 0 fully saturated rings. The Morgan fingerprint density at radius 3 is 2.46 bits per heavy atom. The summed E-state index contributed by atoms with van der Waals surface area (Å²) in [5, 5.41) is 0. The van der Waals surface area contributed by atoms with Gasteiger partial charge in [-0.2, -0.15) is 0 Å². The lowest BCUT2D eigenvalue weighted by Gasteiger charge is -2.19. The molecule has 0 radical (unpaired) electrons. The minimum absolute atomic E-state index is 0.309. The maximum Gasteiger partial charge on any atom is 0.223 e. The van der Waals surface area contributed by atoms with Crippen molar-refractivity contribution in [3.8, 4) is 0 Å². The summed E-state index contributed by atoms with van der Waals surface area (Å²) >= 11 is 0. The van der Waals surface area contributed by atoms with Gasteiger partial charge in [0.25, 0.3) is 0 Å². The van der Waals surface area contributed by atoms with Crippen LogP contribution >= 0.6 is 0 Å². The van der Waals surface area contributed by atoms with Gasteiger partial charge in [0.2, 0.25) is 5.91 Å². The fourth-order valence-electron chi connectivity index (χ4n) is 1.02. The summed E-state index contributed by atoms with van der Waals surface area (Å²) in [5.41, 5.74) is 5.62. The number of nitrogens with two attached hydrogens (primary N) is 1. The average molecular weight is 179 g/mol. The van der Waals surface area contributed by atoms with Gasteiger partial charge < -0.3 is 5.73 Å². The van der Waals surface area contributed by atoms with Crippen molar-refractivity contribution < 1.29 is 4.79 Å². The molecule has 0 aliphatic carbocycles. The number of aromatic nitrogens is 2. The van der Waals surface area contributed by atoms with Crippen LogP contribution in [0, 0.1) is 5.41 Å². The van der Waals surface area contributed by atoms with E-state index in [0.717, 1.165) is 5.56 Å². The van der Waals surface area contributed by atoms with Crippen LogP contribution in [-0.4, -0.2) is 15.9 Å². The summed E-state index contributed by atoms with van der Waals surface area (Å²) < 4.78 is 0. The second-order valence-electron chi connectivity index (χ2n) is 3.67. The largest absolute Gasteiger partial charge is 0.369 e. The van der Waals surface area contributed by atoms with Crippen molar-refractivity contribution in [3.63, 3.8) is 0 Å². The summed E-state index contributed by atoms with van der Waals surface area (Å²) in [6, 6.07) is 0. The van der Waals surface area contributed by atoms with Gasteiger partial charge in [-0.15, -0.1) is 0 Å². The summed E-state index contributed by atoms with van der Waals surface area (Å²) in [5.74, 6) is -0.309. The van der Waals surface area contributed by atoms with E-state index in [2.05, 4.69) is 9.97 Å². The Balaban J connectivity index is 2.75. The molecule has 0 bridgehead atoms. The Morgan fingerprint density at radius 1 is 1.46 bits per heavy atom. The van der Waals surface area contributed by atoms with Crippen LogP contribution in [0.25, 0.3) is 0 Å². The lowest BCUT2D eigenvalue weighted by Crippen LogP contribution is -2.33. The number of carbonyl (C=O) groups is 1. The molecule has 0 atom stereocenters. The molecule has 0 saturated carbocycles. The van der Waals surface area contributed by atoms with Crippen molar-refractivity contribution in [3.05, 3.63) is 24.3 Å². The molecule has 0 unspecified atom stereocenters. The van der Waals surface area contributed by atoms with Gasteiger partial charge in [-0.05, 0) is 12.0 Å². The molecule has 1 aromatic rings. The maximum absolute atomic E-state index is 11.0. The van der Waals surface area contributed by atoms with E-state index < -0.39 is 5.41 Å². The molecule has 1 rings (SSSR count). The van der Waals surface area contributed by atoms with Crippen molar-refractivity contribution in [2.75, 3.05) is 0 Å². The first kappa shape index (κ1) is 9.64. The highest BCUT2D eigenvalue weighted by atomic mass is 16.1. The van der Waals surface area contributed by atoms with Gasteiger partial charge in [0.15, 0.2) is 0 Å². The highest BCUT2D eigenvalue weighted by Crippen LogP contribution is 2.19. The molecule has 0 aliphatic rings. The highest BCUT2D eigenvalue weighted by Gasteiger charge is 2.25. The topological polar surface area (TPSA) is 68.9 Å². The third-order valence-corrected chi connectivity index (χ3v) is 1.93. The van der Waals surface area contributed by atoms with Gasteiger partial charge in [-0.3, -0.25) is 4.79 Å². The Morgan fingerprint density at radius 2 is 2.00 bits per heavy atom. The minimum Gasteiger partial charge on any atom is -0.369 e. The van der Waals surface area contributed by atoms with Gasteiger partial charge in [-0.25, -0.2) is 9.97 Å². The molecular formula is C9H13N3O. The van der Waals surface area contributed by atoms with E-state index in [1.807, 2.05) is 13.8 Å². The van der Waals surface area contributed by atoms with Crippen LogP contribution in [-0.2, 0) is 11.2 Å². The summed E-state index contributed by atoms with van der Waals surface area (Å²) in [6.45, 7) is 3.62. The van der Waals surface area contributed by atoms with Gasteiger partial charge in [0, 0.05) is 17.8 Å². The smallest absolute Gasteiger partial charge is 0.223 e. The third-order valence-electron chi connectivity index (χ3n) is 1.93. The second-order valence-corrected chi connectivity index (χ2v) is 3.67. The van der Waals surface area contributed by atoms with Crippen molar-refractivity contribution in [1.29, 1.82) is 0 Å². The first-order chi connectivity index (χ1) is 6.02. The predicted molar refractivity (Wildman–Crippen MR) is 48.7 cm³/mol. The van der Waals surface area contributed by atoms with Gasteiger partial charge in [0.1, 0.15) is 6.33 Å². The van der Waals surface area contributed by atoms with Gasteiger partial charge in [0.05, 0.1) is 0 Å². The Kier molecular flexibility index (Phi) is 2.60. The van der Waals surface area contributed by atoms with E-state index in [1.54, 1.807) is 12.4 Å². The fourth-order valence-corrected chi connectivity index (χ4v) is 1.02. The Hall–Kier alpha value is -1.45. The number of hydrogen-bond acceptors (Lipinski definition) is 3. The quantitative estimate of drug-likeness (QED) is 0.735. The number of carbonyl (C=O) groups excluding carboxylic acids is 1. The normalized spacial score (nSPS) is 11.2. The molecule has 13 heavy (non-hydrogen) atoms. The highest BCUT2D eigenvalue weighted by molar-refractivity contribution is 5.80. The van der Waals surface area contributed by atoms with Crippen LogP contribution in [0.3, 0.4) is 0 Å². The molecule has 0 aromatic carbocycles. The zero-order valence-electron chi connectivity index (χ0n) is 7.82. The molecule has 1 amide bonds. The predicted octanol–water partition coefficient (Wildman–Crippen LogP) is 0.531. The lowest BCUT2D eigenvalue weighted by atomic mass is 9.86. The van der Waals surface area contributed by atoms with E-state index in [1.165, 1.54) is 6.33 Å². The van der Waals surface area contributed by atoms with Crippen LogP contribution in [0.1, 0.15) is 19.4 Å². The summed E-state index contributed by atoms with van der Waals surface area (Å²) in [4.78, 5) is 18.7. The minimum atomic E-state index is -0.537. The lowest BCUT2D eigenvalue weighted by molar-refractivity contribution is -0.125. The SMILES string of the molecule is CC(C)(Cc1cncnc1)C(N)=O. The molecule has 70 valence electrons. The molecular weight excluding hydrogens is 166 g/mol. The Bertz CT molecular complexity index is 295. The molecule has 0 spiro atoms. The van der Waals surface area contributed by atoms with Crippen LogP contribution < -0.4 is 5.73 Å². The fraction of sp³-hybridized carbons (Fsp3) is 0.444. The van der Waals surface area contributed by atoms with E-state index in [4.69, 9.17) is 5.73 Å². The van der Waals surface area contributed by atoms with Gasteiger partial charge in [-0.1, -0.05) is 13.8 Å². The summed E-state index contributed by atoms with van der Waals surface area (Å²) in [6.07, 6.45) is 5.42. The standard InChI is InChI=1S/C9H13N3O/c1-9(2,8(10)13)3-7-4-11-6-12-5-7/h4-6H,3H2,1-2H3,(H2,10,13). The monoisotopic (exact) mass is 179 g/mol. The van der Waals surface area contributed by atoms with Crippen molar-refractivity contribution >= 4 is 5.91 Å². The van der Waals surface area contributed by atoms with E-state index in [0.29, 0.717) is 6.42 Å². The number of amides is 1. The maximum atomic E-state index is 11.0. The number of rotatable bonds is 3. The molecule has 4 nitrogen and oxygen atoms in total. The van der Waals surface area contributed by atoms with Gasteiger partial charge >= 0.3 is 0 Å². The molecule has 4 heteroatoms. The zero-order valence-corrected chi connectivity index (χ0v) is 7.82. The van der Waals surface area contributed by atoms with E-state index >= 15 is 0 Å². The zero-order chi connectivity index (χ0) is 9.90. The second kappa shape index (κ2) is 3.51. The van der Waals surface area contributed by atoms with Crippen LogP contribution in [0.15, 0.2) is 18.7 Å². The molecule has 1 heterocycles. The molecule has 0 saturated heterocycles. The van der Waals surface area contributed by atoms with Crippen molar-refractivity contribution in [2.24, 2.45) is 11.1 Å². The number of nitrogens with zero attached hydrogens (tertiary/aromatic N) is 2. The average Bonchev–Trinajstić information content (AvgIpc) is 2.05. The Labute approximate surface area is 77.2 Å².